The number of hydrogen-bond acceptors (Lipinski definition) is 13. The molecule has 0 unspecified atom stereocenters. The average Bonchev–Trinajstić information content (AvgIpc) is 3.03. The number of carbonyl (C=O) groups is 2. The summed E-state index contributed by atoms with van der Waals surface area (Å²) in [6.45, 7) is 4.34. The normalized spacial score (nSPS) is 12.7. The van der Waals surface area contributed by atoms with E-state index in [-0.39, 0.29) is 67.6 Å². The van der Waals surface area contributed by atoms with Gasteiger partial charge >= 0.3 is 0 Å². The van der Waals surface area contributed by atoms with Crippen LogP contribution in [0.2, 0.25) is 5.28 Å². The number of ketones is 2. The first kappa shape index (κ1) is 34.4. The molecule has 0 spiro atoms. The number of anilines is 7. The minimum atomic E-state index is -5.06. The molecule has 1 aliphatic carbocycles. The number of hydrogen-bond donors (Lipinski definition) is 6. The van der Waals surface area contributed by atoms with E-state index in [2.05, 4.69) is 30.9 Å². The van der Waals surface area contributed by atoms with Crippen molar-refractivity contribution in [3.05, 3.63) is 105 Å². The van der Waals surface area contributed by atoms with Crippen molar-refractivity contribution in [2.75, 3.05) is 21.7 Å². The summed E-state index contributed by atoms with van der Waals surface area (Å²) in [7, 11) is -9.99. The summed E-state index contributed by atoms with van der Waals surface area (Å²) in [6.07, 6.45) is 0. The fourth-order valence-corrected chi connectivity index (χ4v) is 7.71. The quantitative estimate of drug-likeness (QED) is 0.0831. The van der Waals surface area contributed by atoms with Gasteiger partial charge in [-0.15, -0.1) is 0 Å². The monoisotopic (exact) mass is 735 g/mol. The molecular formula is C32H26ClN7O8S2. The maximum atomic E-state index is 13.9. The van der Waals surface area contributed by atoms with Gasteiger partial charge in [-0.2, -0.15) is 31.8 Å². The van der Waals surface area contributed by atoms with Gasteiger partial charge in [-0.05, 0) is 67.3 Å². The van der Waals surface area contributed by atoms with Crippen LogP contribution < -0.4 is 21.7 Å². The molecule has 50 heavy (non-hydrogen) atoms. The minimum Gasteiger partial charge on any atom is -0.397 e. The number of nitrogens with two attached hydrogens (primary N) is 1. The van der Waals surface area contributed by atoms with E-state index in [0.717, 1.165) is 6.07 Å². The van der Waals surface area contributed by atoms with Crippen LogP contribution in [0.4, 0.5) is 40.3 Å². The lowest BCUT2D eigenvalue weighted by molar-refractivity contribution is 0.0980. The molecule has 256 valence electrons. The van der Waals surface area contributed by atoms with Crippen LogP contribution >= 0.6 is 11.6 Å². The molecule has 0 radical (unpaired) electrons. The zero-order chi connectivity index (χ0) is 36.3. The zero-order valence-electron chi connectivity index (χ0n) is 26.2. The van der Waals surface area contributed by atoms with E-state index < -0.39 is 52.8 Å². The number of halogens is 1. The Kier molecular flexibility index (Phi) is 8.57. The van der Waals surface area contributed by atoms with Crippen molar-refractivity contribution in [3.63, 3.8) is 0 Å². The van der Waals surface area contributed by atoms with Crippen LogP contribution in [0.5, 0.6) is 0 Å². The van der Waals surface area contributed by atoms with Crippen molar-refractivity contribution >= 4 is 83.7 Å². The van der Waals surface area contributed by atoms with Crippen LogP contribution in [0.25, 0.3) is 0 Å². The van der Waals surface area contributed by atoms with E-state index in [0.29, 0.717) is 5.69 Å². The molecule has 0 fully saturated rings. The summed E-state index contributed by atoms with van der Waals surface area (Å²) in [5.41, 5.74) is 5.31. The smallest absolute Gasteiger partial charge is 0.296 e. The Bertz CT molecular complexity index is 2510. The second-order valence-corrected chi connectivity index (χ2v) is 14.3. The van der Waals surface area contributed by atoms with Crippen molar-refractivity contribution in [3.8, 4) is 0 Å². The molecule has 0 saturated carbocycles. The van der Waals surface area contributed by atoms with Crippen LogP contribution in [0.15, 0.2) is 70.5 Å². The predicted molar refractivity (Wildman–Crippen MR) is 186 cm³/mol. The van der Waals surface area contributed by atoms with E-state index >= 15 is 0 Å². The second-order valence-electron chi connectivity index (χ2n) is 11.2. The average molecular weight is 736 g/mol. The molecule has 6 rings (SSSR count). The van der Waals surface area contributed by atoms with Crippen LogP contribution in [-0.2, 0) is 20.2 Å². The second kappa shape index (κ2) is 12.5. The molecule has 0 atom stereocenters. The highest BCUT2D eigenvalue weighted by atomic mass is 35.5. The van der Waals surface area contributed by atoms with Crippen LogP contribution in [0.1, 0.15) is 48.5 Å². The first-order valence-electron chi connectivity index (χ1n) is 14.5. The van der Waals surface area contributed by atoms with Crippen LogP contribution in [-0.4, -0.2) is 52.5 Å². The Balaban J connectivity index is 1.55. The lowest BCUT2D eigenvalue weighted by Crippen LogP contribution is -2.25. The summed E-state index contributed by atoms with van der Waals surface area (Å²) in [5, 5.41) is 8.59. The fraction of sp³-hybridized carbons (Fsp3) is 0.0938. The molecule has 1 aromatic heterocycles. The summed E-state index contributed by atoms with van der Waals surface area (Å²) in [6, 6.07) is 15.6. The summed E-state index contributed by atoms with van der Waals surface area (Å²) in [5.74, 6) is -1.54. The summed E-state index contributed by atoms with van der Waals surface area (Å²) < 4.78 is 71.0. The highest BCUT2D eigenvalue weighted by molar-refractivity contribution is 7.86. The Morgan fingerprint density at radius 1 is 0.680 bits per heavy atom. The molecule has 7 N–H and O–H groups in total. The number of nitrogens with one attached hydrogen (secondary N) is 3. The molecule has 0 aliphatic heterocycles. The standard InChI is InChI=1S/C32H26ClN7O8S2/c1-14-25(36-20-13-21(49(43,44)45)24(34)23-22(20)27(41)18-11-7-8-12-19(18)28(23)42)15(2)29(50(46,47)48)16(3)26(14)37-32-39-30(33)38-31(40-32)35-17-9-5-4-6-10-17/h4-13,36H,34H2,1-3H3,(H,43,44,45)(H,46,47,48)(H2,35,37,38,39,40). The minimum absolute atomic E-state index is 0.0111. The maximum Gasteiger partial charge on any atom is 0.296 e. The third-order valence-electron chi connectivity index (χ3n) is 8.05. The molecule has 1 heterocycles. The van der Waals surface area contributed by atoms with Gasteiger partial charge in [0.1, 0.15) is 9.79 Å². The van der Waals surface area contributed by atoms with Crippen LogP contribution in [0, 0.1) is 20.8 Å². The maximum absolute atomic E-state index is 13.9. The number of rotatable bonds is 8. The molecule has 0 bridgehead atoms. The third-order valence-corrected chi connectivity index (χ3v) is 10.2. The number of carbonyl (C=O) groups excluding carboxylic acids is 2. The van der Waals surface area contributed by atoms with E-state index in [4.69, 9.17) is 17.3 Å². The third kappa shape index (κ3) is 6.12. The van der Waals surface area contributed by atoms with Gasteiger partial charge in [0.15, 0.2) is 11.6 Å². The van der Waals surface area contributed by atoms with Crippen molar-refractivity contribution in [2.45, 2.75) is 30.6 Å². The highest BCUT2D eigenvalue weighted by Gasteiger charge is 2.37. The molecule has 1 aliphatic rings. The zero-order valence-corrected chi connectivity index (χ0v) is 28.6. The lowest BCUT2D eigenvalue weighted by atomic mass is 9.82. The number of nitrogens with zero attached hydrogens (tertiary/aromatic N) is 3. The Morgan fingerprint density at radius 3 is 1.76 bits per heavy atom. The van der Waals surface area contributed by atoms with Crippen molar-refractivity contribution in [2.24, 2.45) is 0 Å². The number of nitrogen functional groups attached to an aromatic ring is 1. The predicted octanol–water partition coefficient (Wildman–Crippen LogP) is 5.53. The van der Waals surface area contributed by atoms with Gasteiger partial charge in [-0.25, -0.2) is 0 Å². The van der Waals surface area contributed by atoms with Gasteiger partial charge in [0.2, 0.25) is 17.2 Å². The van der Waals surface area contributed by atoms with E-state index in [1.807, 2.05) is 6.07 Å². The lowest BCUT2D eigenvalue weighted by Gasteiger charge is -2.26. The van der Waals surface area contributed by atoms with E-state index in [9.17, 15) is 35.5 Å². The van der Waals surface area contributed by atoms with Gasteiger partial charge in [-0.1, -0.05) is 42.5 Å². The number of benzene rings is 4. The van der Waals surface area contributed by atoms with Crippen molar-refractivity contribution in [1.29, 1.82) is 0 Å². The topological polar surface area (TPSA) is 244 Å². The molecule has 18 heteroatoms. The molecular weight excluding hydrogens is 710 g/mol. The van der Waals surface area contributed by atoms with Crippen molar-refractivity contribution in [1.82, 2.24) is 15.0 Å². The molecule has 15 nitrogen and oxygen atoms in total. The van der Waals surface area contributed by atoms with Crippen molar-refractivity contribution < 1.29 is 35.5 Å². The van der Waals surface area contributed by atoms with Gasteiger partial charge in [-0.3, -0.25) is 18.7 Å². The molecule has 5 aromatic rings. The van der Waals surface area contributed by atoms with Gasteiger partial charge in [0, 0.05) is 22.5 Å². The number of aromatic nitrogens is 3. The molecule has 4 aromatic carbocycles. The van der Waals surface area contributed by atoms with Gasteiger partial charge in [0.25, 0.3) is 20.2 Å². The van der Waals surface area contributed by atoms with E-state index in [1.54, 1.807) is 31.2 Å². The fourth-order valence-electron chi connectivity index (χ4n) is 5.92. The SMILES string of the molecule is Cc1c(Nc2nc(Cl)nc(Nc3ccccc3)n2)c(C)c(S(=O)(=O)O)c(C)c1Nc1cc(S(=O)(=O)O)c(N)c2c1C(=O)c1ccccc1C2=O. The Labute approximate surface area is 290 Å². The first-order chi connectivity index (χ1) is 23.5. The number of fused-ring (bicyclic) bond motifs is 2. The largest absolute Gasteiger partial charge is 0.397 e. The summed E-state index contributed by atoms with van der Waals surface area (Å²) in [4.78, 5) is 38.6. The Morgan fingerprint density at radius 2 is 1.20 bits per heavy atom. The summed E-state index contributed by atoms with van der Waals surface area (Å²) >= 11 is 6.19. The molecule has 0 saturated heterocycles. The molecule has 0 amide bonds. The first-order valence-corrected chi connectivity index (χ1v) is 17.7. The van der Waals surface area contributed by atoms with Gasteiger partial charge < -0.3 is 21.7 Å². The Hall–Kier alpha value is -5.46. The highest BCUT2D eigenvalue weighted by Crippen LogP contribution is 2.44. The van der Waals surface area contributed by atoms with Crippen LogP contribution in [0.3, 0.4) is 0 Å². The number of para-hydroxylation sites is 1. The van der Waals surface area contributed by atoms with Gasteiger partial charge in [0.05, 0.1) is 28.2 Å². The van der Waals surface area contributed by atoms with E-state index in [1.165, 1.54) is 38.1 Å².